The number of rotatable bonds is 5. The van der Waals surface area contributed by atoms with Crippen molar-refractivity contribution in [2.75, 3.05) is 14.2 Å². The lowest BCUT2D eigenvalue weighted by atomic mass is 9.89. The molecule has 2 heterocycles. The standard InChI is InChI=1S/C27H26N2O3/c1-16-5-7-17(8-6-16)18-13-21-24(28-15-18)20(19-9-10-23(31-3)29-26(19)30)14-22(25(21)32-4)27(2)11-12-27/h5-10,13-15H,11-12H2,1-4H3,(H,29,30). The van der Waals surface area contributed by atoms with Crippen molar-refractivity contribution in [3.05, 3.63) is 76.2 Å². The van der Waals surface area contributed by atoms with Crippen molar-refractivity contribution in [1.82, 2.24) is 9.97 Å². The van der Waals surface area contributed by atoms with Crippen LogP contribution >= 0.6 is 0 Å². The summed E-state index contributed by atoms with van der Waals surface area (Å²) in [6.07, 6.45) is 4.06. The molecular formula is C27H26N2O3. The zero-order valence-corrected chi connectivity index (χ0v) is 18.8. The van der Waals surface area contributed by atoms with Crippen molar-refractivity contribution < 1.29 is 9.47 Å². The number of H-pyrrole nitrogens is 1. The van der Waals surface area contributed by atoms with Crippen molar-refractivity contribution in [1.29, 1.82) is 0 Å². The first-order valence-corrected chi connectivity index (χ1v) is 10.8. The van der Waals surface area contributed by atoms with Gasteiger partial charge in [-0.15, -0.1) is 0 Å². The minimum atomic E-state index is -0.202. The van der Waals surface area contributed by atoms with Gasteiger partial charge in [-0.05, 0) is 55.0 Å². The van der Waals surface area contributed by atoms with Crippen LogP contribution in [0.15, 0.2) is 59.5 Å². The predicted octanol–water partition coefficient (Wildman–Crippen LogP) is 5.63. The van der Waals surface area contributed by atoms with Crippen LogP contribution in [0.1, 0.15) is 30.9 Å². The van der Waals surface area contributed by atoms with E-state index in [9.17, 15) is 4.79 Å². The van der Waals surface area contributed by atoms with E-state index in [0.29, 0.717) is 11.4 Å². The van der Waals surface area contributed by atoms with E-state index < -0.39 is 0 Å². The number of hydrogen-bond donors (Lipinski definition) is 1. The Balaban J connectivity index is 1.81. The summed E-state index contributed by atoms with van der Waals surface area (Å²) in [5, 5.41) is 0.918. The van der Waals surface area contributed by atoms with Gasteiger partial charge in [-0.2, -0.15) is 0 Å². The number of aromatic amines is 1. The second-order valence-electron chi connectivity index (χ2n) is 8.82. The molecule has 2 aromatic heterocycles. The van der Waals surface area contributed by atoms with Gasteiger partial charge in [-0.25, -0.2) is 0 Å². The minimum Gasteiger partial charge on any atom is -0.496 e. The number of aromatic nitrogens is 2. The minimum absolute atomic E-state index is 0.0490. The molecule has 5 nitrogen and oxygen atoms in total. The Hall–Kier alpha value is -3.60. The van der Waals surface area contributed by atoms with E-state index in [0.717, 1.165) is 51.7 Å². The Morgan fingerprint density at radius 2 is 1.69 bits per heavy atom. The largest absolute Gasteiger partial charge is 0.496 e. The molecule has 1 fully saturated rings. The van der Waals surface area contributed by atoms with Crippen molar-refractivity contribution in [3.63, 3.8) is 0 Å². The second kappa shape index (κ2) is 7.52. The van der Waals surface area contributed by atoms with Gasteiger partial charge in [0.1, 0.15) is 5.75 Å². The number of hydrogen-bond acceptors (Lipinski definition) is 4. The molecule has 0 amide bonds. The summed E-state index contributed by atoms with van der Waals surface area (Å²) in [6.45, 7) is 4.32. The highest BCUT2D eigenvalue weighted by molar-refractivity contribution is 6.00. The van der Waals surface area contributed by atoms with Crippen molar-refractivity contribution in [2.45, 2.75) is 32.1 Å². The van der Waals surface area contributed by atoms with Crippen LogP contribution in [-0.2, 0) is 5.41 Å². The number of ether oxygens (including phenoxy) is 2. The molecule has 0 unspecified atom stereocenters. The molecule has 5 heteroatoms. The lowest BCUT2D eigenvalue weighted by Gasteiger charge is -2.20. The summed E-state index contributed by atoms with van der Waals surface area (Å²) in [5.41, 5.74) is 6.43. The van der Waals surface area contributed by atoms with Gasteiger partial charge in [0.2, 0.25) is 0 Å². The molecule has 0 aliphatic heterocycles. The number of pyridine rings is 2. The molecule has 162 valence electrons. The Kier molecular flexibility index (Phi) is 4.77. The average molecular weight is 427 g/mol. The fourth-order valence-corrected chi connectivity index (χ4v) is 4.30. The van der Waals surface area contributed by atoms with E-state index in [-0.39, 0.29) is 11.0 Å². The number of aryl methyl sites for hydroxylation is 1. The van der Waals surface area contributed by atoms with Crippen molar-refractivity contribution in [2.24, 2.45) is 0 Å². The normalized spacial score (nSPS) is 14.4. The summed E-state index contributed by atoms with van der Waals surface area (Å²) >= 11 is 0. The highest BCUT2D eigenvalue weighted by atomic mass is 16.5. The molecular weight excluding hydrogens is 400 g/mol. The number of benzene rings is 2. The van der Waals surface area contributed by atoms with Gasteiger partial charge in [0.05, 0.1) is 19.7 Å². The van der Waals surface area contributed by atoms with Gasteiger partial charge in [-0.1, -0.05) is 36.8 Å². The van der Waals surface area contributed by atoms with Crippen LogP contribution in [-0.4, -0.2) is 24.2 Å². The Bertz CT molecular complexity index is 1380. The van der Waals surface area contributed by atoms with E-state index >= 15 is 0 Å². The first-order valence-electron chi connectivity index (χ1n) is 10.8. The highest BCUT2D eigenvalue weighted by Crippen LogP contribution is 2.53. The van der Waals surface area contributed by atoms with Gasteiger partial charge < -0.3 is 9.47 Å². The van der Waals surface area contributed by atoms with Crippen LogP contribution in [0.25, 0.3) is 33.2 Å². The number of nitrogens with one attached hydrogen (secondary N) is 1. The molecule has 0 spiro atoms. The average Bonchev–Trinajstić information content (AvgIpc) is 3.56. The first-order chi connectivity index (χ1) is 15.4. The van der Waals surface area contributed by atoms with E-state index in [4.69, 9.17) is 14.5 Å². The maximum Gasteiger partial charge on any atom is 0.258 e. The first kappa shape index (κ1) is 20.3. The van der Waals surface area contributed by atoms with Crippen molar-refractivity contribution in [3.8, 4) is 33.9 Å². The molecule has 0 bridgehead atoms. The molecule has 32 heavy (non-hydrogen) atoms. The molecule has 1 aliphatic carbocycles. The zero-order valence-electron chi connectivity index (χ0n) is 18.8. The zero-order chi connectivity index (χ0) is 22.5. The molecule has 5 rings (SSSR count). The maximum absolute atomic E-state index is 12.9. The number of nitrogens with zero attached hydrogens (tertiary/aromatic N) is 1. The molecule has 1 N–H and O–H groups in total. The molecule has 1 saturated carbocycles. The van der Waals surface area contributed by atoms with Crippen LogP contribution in [0.3, 0.4) is 0 Å². The summed E-state index contributed by atoms with van der Waals surface area (Å²) in [7, 11) is 3.25. The number of methoxy groups -OCH3 is 2. The van der Waals surface area contributed by atoms with E-state index in [1.54, 1.807) is 19.2 Å². The topological polar surface area (TPSA) is 64.2 Å². The third-order valence-electron chi connectivity index (χ3n) is 6.55. The van der Waals surface area contributed by atoms with E-state index in [2.05, 4.69) is 55.2 Å². The van der Waals surface area contributed by atoms with Gasteiger partial charge in [0, 0.05) is 33.8 Å². The third kappa shape index (κ3) is 3.34. The van der Waals surface area contributed by atoms with Crippen molar-refractivity contribution >= 4 is 10.9 Å². The lowest BCUT2D eigenvalue weighted by molar-refractivity contribution is 0.397. The van der Waals surface area contributed by atoms with E-state index in [1.165, 1.54) is 12.7 Å². The Morgan fingerprint density at radius 3 is 2.31 bits per heavy atom. The summed E-state index contributed by atoms with van der Waals surface area (Å²) in [6, 6.07) is 16.2. The van der Waals surface area contributed by atoms with Gasteiger partial charge in [-0.3, -0.25) is 14.8 Å². The molecule has 0 radical (unpaired) electrons. The quantitative estimate of drug-likeness (QED) is 0.449. The third-order valence-corrected chi connectivity index (χ3v) is 6.55. The number of fused-ring (bicyclic) bond motifs is 1. The van der Waals surface area contributed by atoms with Crippen LogP contribution in [0.2, 0.25) is 0 Å². The van der Waals surface area contributed by atoms with Gasteiger partial charge in [0.15, 0.2) is 5.88 Å². The van der Waals surface area contributed by atoms with Crippen LogP contribution in [0.5, 0.6) is 11.6 Å². The van der Waals surface area contributed by atoms with Crippen LogP contribution in [0, 0.1) is 6.92 Å². The molecule has 2 aromatic carbocycles. The van der Waals surface area contributed by atoms with Gasteiger partial charge in [0.25, 0.3) is 5.56 Å². The van der Waals surface area contributed by atoms with Crippen LogP contribution in [0.4, 0.5) is 0 Å². The predicted molar refractivity (Wildman–Crippen MR) is 128 cm³/mol. The Morgan fingerprint density at radius 1 is 0.938 bits per heavy atom. The fraction of sp³-hybridized carbons (Fsp3) is 0.259. The highest BCUT2D eigenvalue weighted by Gasteiger charge is 2.42. The van der Waals surface area contributed by atoms with Gasteiger partial charge >= 0.3 is 0 Å². The van der Waals surface area contributed by atoms with Crippen LogP contribution < -0.4 is 15.0 Å². The summed E-state index contributed by atoms with van der Waals surface area (Å²) in [4.78, 5) is 20.5. The summed E-state index contributed by atoms with van der Waals surface area (Å²) < 4.78 is 11.1. The van der Waals surface area contributed by atoms with E-state index in [1.807, 2.05) is 6.20 Å². The lowest BCUT2D eigenvalue weighted by Crippen LogP contribution is -2.11. The molecule has 0 atom stereocenters. The Labute approximate surface area is 187 Å². The molecule has 1 aliphatic rings. The summed E-state index contributed by atoms with van der Waals surface area (Å²) in [5.74, 6) is 1.27. The fourth-order valence-electron chi connectivity index (χ4n) is 4.30. The molecule has 4 aromatic rings. The smallest absolute Gasteiger partial charge is 0.258 e. The maximum atomic E-state index is 12.9. The second-order valence-corrected chi connectivity index (χ2v) is 8.82. The SMILES string of the molecule is COc1ccc(-c2cc(C3(C)CC3)c(OC)c3cc(-c4ccc(C)cc4)cnc23)c(=O)[nH]1. The molecule has 0 saturated heterocycles. The monoisotopic (exact) mass is 426 g/mol.